The van der Waals surface area contributed by atoms with Crippen LogP contribution in [0.4, 0.5) is 5.69 Å². The minimum Gasteiger partial charge on any atom is -0.385 e. The fraction of sp³-hybridized carbons (Fsp3) is 0.545. The molecule has 0 amide bonds. The number of anilines is 1. The van der Waals surface area contributed by atoms with E-state index < -0.39 is 0 Å². The summed E-state index contributed by atoms with van der Waals surface area (Å²) in [7, 11) is 0. The van der Waals surface area contributed by atoms with Gasteiger partial charge in [-0.3, -0.25) is 4.98 Å². The number of hydrogen-bond acceptors (Lipinski definition) is 3. The molecule has 0 bridgehead atoms. The topological polar surface area (TPSA) is 34.1 Å². The van der Waals surface area contributed by atoms with Gasteiger partial charge in [0.2, 0.25) is 0 Å². The summed E-state index contributed by atoms with van der Waals surface area (Å²) < 4.78 is 5.32. The van der Waals surface area contributed by atoms with E-state index in [2.05, 4.69) is 16.4 Å². The molecular formula is C11H16N2O. The predicted octanol–water partition coefficient (Wildman–Crippen LogP) is 1.84. The van der Waals surface area contributed by atoms with Crippen molar-refractivity contribution in [3.63, 3.8) is 0 Å². The molecule has 1 aromatic heterocycles. The molecule has 0 aromatic carbocycles. The number of ether oxygens (including phenoxy) is 1. The first-order valence-electron chi connectivity index (χ1n) is 5.09. The second-order valence-corrected chi connectivity index (χ2v) is 3.80. The van der Waals surface area contributed by atoms with Gasteiger partial charge in [-0.2, -0.15) is 0 Å². The number of rotatable bonds is 3. The van der Waals surface area contributed by atoms with Crippen LogP contribution in [-0.4, -0.2) is 24.7 Å². The monoisotopic (exact) mass is 192 g/mol. The molecule has 3 heteroatoms. The zero-order valence-electron chi connectivity index (χ0n) is 8.49. The summed E-state index contributed by atoms with van der Waals surface area (Å²) in [6.07, 6.45) is 3.01. The average Bonchev–Trinajstić information content (AvgIpc) is 2.67. The lowest BCUT2D eigenvalue weighted by atomic mass is 10.1. The Morgan fingerprint density at radius 2 is 2.57 bits per heavy atom. The van der Waals surface area contributed by atoms with Crippen LogP contribution in [0.5, 0.6) is 0 Å². The number of hydrogen-bond donors (Lipinski definition) is 1. The van der Waals surface area contributed by atoms with E-state index in [1.165, 1.54) is 6.42 Å². The SMILES string of the molecule is Cc1cc(NCC2CCOC2)ccn1. The summed E-state index contributed by atoms with van der Waals surface area (Å²) in [5.41, 5.74) is 2.21. The van der Waals surface area contributed by atoms with Gasteiger partial charge in [-0.25, -0.2) is 0 Å². The summed E-state index contributed by atoms with van der Waals surface area (Å²) in [6, 6.07) is 4.07. The van der Waals surface area contributed by atoms with Gasteiger partial charge < -0.3 is 10.1 Å². The summed E-state index contributed by atoms with van der Waals surface area (Å²) in [5, 5.41) is 3.41. The molecular weight excluding hydrogens is 176 g/mol. The van der Waals surface area contributed by atoms with Gasteiger partial charge >= 0.3 is 0 Å². The highest BCUT2D eigenvalue weighted by atomic mass is 16.5. The summed E-state index contributed by atoms with van der Waals surface area (Å²) >= 11 is 0. The van der Waals surface area contributed by atoms with Crippen LogP contribution in [0.2, 0.25) is 0 Å². The van der Waals surface area contributed by atoms with E-state index in [1.54, 1.807) is 0 Å². The van der Waals surface area contributed by atoms with E-state index >= 15 is 0 Å². The Morgan fingerprint density at radius 1 is 1.64 bits per heavy atom. The second-order valence-electron chi connectivity index (χ2n) is 3.80. The smallest absolute Gasteiger partial charge is 0.0511 e. The highest BCUT2D eigenvalue weighted by Crippen LogP contribution is 2.14. The number of nitrogens with zero attached hydrogens (tertiary/aromatic N) is 1. The molecule has 76 valence electrons. The van der Waals surface area contributed by atoms with Crippen molar-refractivity contribution in [3.05, 3.63) is 24.0 Å². The van der Waals surface area contributed by atoms with Gasteiger partial charge in [0.1, 0.15) is 0 Å². The summed E-state index contributed by atoms with van der Waals surface area (Å²) in [6.45, 7) is 4.83. The number of nitrogens with one attached hydrogen (secondary N) is 1. The zero-order valence-corrected chi connectivity index (χ0v) is 8.49. The van der Waals surface area contributed by atoms with Crippen LogP contribution in [-0.2, 0) is 4.74 Å². The maximum Gasteiger partial charge on any atom is 0.0511 e. The molecule has 1 saturated heterocycles. The fourth-order valence-corrected chi connectivity index (χ4v) is 1.66. The molecule has 1 atom stereocenters. The molecule has 14 heavy (non-hydrogen) atoms. The predicted molar refractivity (Wildman–Crippen MR) is 56.4 cm³/mol. The third-order valence-electron chi connectivity index (χ3n) is 2.52. The van der Waals surface area contributed by atoms with Gasteiger partial charge in [-0.15, -0.1) is 0 Å². The van der Waals surface area contributed by atoms with Gasteiger partial charge in [-0.1, -0.05) is 0 Å². The van der Waals surface area contributed by atoms with Crippen LogP contribution in [0.15, 0.2) is 18.3 Å². The Bertz CT molecular complexity index is 295. The lowest BCUT2D eigenvalue weighted by Gasteiger charge is -2.10. The van der Waals surface area contributed by atoms with Crippen molar-refractivity contribution < 1.29 is 4.74 Å². The summed E-state index contributed by atoms with van der Waals surface area (Å²) in [5.74, 6) is 0.670. The van der Waals surface area contributed by atoms with E-state index in [1.807, 2.05) is 19.2 Å². The van der Waals surface area contributed by atoms with Gasteiger partial charge in [0.05, 0.1) is 6.61 Å². The van der Waals surface area contributed by atoms with Crippen molar-refractivity contribution in [1.29, 1.82) is 0 Å². The van der Waals surface area contributed by atoms with Crippen LogP contribution in [0.3, 0.4) is 0 Å². The molecule has 1 N–H and O–H groups in total. The first-order chi connectivity index (χ1) is 6.84. The lowest BCUT2D eigenvalue weighted by molar-refractivity contribution is 0.187. The Kier molecular flexibility index (Phi) is 2.99. The van der Waals surface area contributed by atoms with Crippen LogP contribution in [0.25, 0.3) is 0 Å². The maximum absolute atomic E-state index is 5.32. The van der Waals surface area contributed by atoms with Crippen molar-refractivity contribution >= 4 is 5.69 Å². The van der Waals surface area contributed by atoms with Crippen molar-refractivity contribution in [3.8, 4) is 0 Å². The van der Waals surface area contributed by atoms with E-state index in [0.29, 0.717) is 5.92 Å². The molecule has 1 aliphatic rings. The molecule has 2 heterocycles. The zero-order chi connectivity index (χ0) is 9.80. The lowest BCUT2D eigenvalue weighted by Crippen LogP contribution is -2.14. The van der Waals surface area contributed by atoms with E-state index in [9.17, 15) is 0 Å². The highest BCUT2D eigenvalue weighted by Gasteiger charge is 2.14. The minimum atomic E-state index is 0.670. The number of aryl methyl sites for hydroxylation is 1. The largest absolute Gasteiger partial charge is 0.385 e. The number of aromatic nitrogens is 1. The van der Waals surface area contributed by atoms with Crippen molar-refractivity contribution in [2.24, 2.45) is 5.92 Å². The Labute approximate surface area is 84.5 Å². The number of pyridine rings is 1. The van der Waals surface area contributed by atoms with Gasteiger partial charge in [0.25, 0.3) is 0 Å². The minimum absolute atomic E-state index is 0.670. The van der Waals surface area contributed by atoms with Gasteiger partial charge in [0, 0.05) is 36.6 Å². The van der Waals surface area contributed by atoms with Crippen LogP contribution >= 0.6 is 0 Å². The molecule has 1 unspecified atom stereocenters. The van der Waals surface area contributed by atoms with Gasteiger partial charge in [0.15, 0.2) is 0 Å². The van der Waals surface area contributed by atoms with Crippen LogP contribution in [0.1, 0.15) is 12.1 Å². The van der Waals surface area contributed by atoms with Crippen LogP contribution < -0.4 is 5.32 Å². The van der Waals surface area contributed by atoms with Crippen molar-refractivity contribution in [1.82, 2.24) is 4.98 Å². The van der Waals surface area contributed by atoms with E-state index in [4.69, 9.17) is 4.74 Å². The summed E-state index contributed by atoms with van der Waals surface area (Å²) in [4.78, 5) is 4.15. The molecule has 0 aliphatic carbocycles. The molecule has 3 nitrogen and oxygen atoms in total. The second kappa shape index (κ2) is 4.42. The third kappa shape index (κ3) is 2.45. The van der Waals surface area contributed by atoms with Gasteiger partial charge in [-0.05, 0) is 25.5 Å². The molecule has 1 aromatic rings. The Morgan fingerprint density at radius 3 is 3.29 bits per heavy atom. The molecule has 1 aliphatic heterocycles. The van der Waals surface area contributed by atoms with Crippen molar-refractivity contribution in [2.75, 3.05) is 25.1 Å². The van der Waals surface area contributed by atoms with E-state index in [0.717, 1.165) is 31.1 Å². The van der Waals surface area contributed by atoms with E-state index in [-0.39, 0.29) is 0 Å². The molecule has 1 fully saturated rings. The fourth-order valence-electron chi connectivity index (χ4n) is 1.66. The third-order valence-corrected chi connectivity index (χ3v) is 2.52. The average molecular weight is 192 g/mol. The first kappa shape index (κ1) is 9.46. The normalized spacial score (nSPS) is 21.1. The Hall–Kier alpha value is -1.09. The maximum atomic E-state index is 5.32. The quantitative estimate of drug-likeness (QED) is 0.793. The first-order valence-corrected chi connectivity index (χ1v) is 5.09. The molecule has 2 rings (SSSR count). The molecule has 0 radical (unpaired) electrons. The molecule has 0 spiro atoms. The standard InChI is InChI=1S/C11H16N2O/c1-9-6-11(2-4-12-9)13-7-10-3-5-14-8-10/h2,4,6,10H,3,5,7-8H2,1H3,(H,12,13). The molecule has 0 saturated carbocycles. The van der Waals surface area contributed by atoms with Crippen LogP contribution in [0, 0.1) is 12.8 Å². The Balaban J connectivity index is 1.85. The van der Waals surface area contributed by atoms with Crippen molar-refractivity contribution in [2.45, 2.75) is 13.3 Å². The highest BCUT2D eigenvalue weighted by molar-refractivity contribution is 5.42.